The Labute approximate surface area is 150 Å². The Kier molecular flexibility index (Phi) is 4.76. The molecule has 2 heterocycles. The van der Waals surface area contributed by atoms with Crippen LogP contribution in [0.15, 0.2) is 18.2 Å². The van der Waals surface area contributed by atoms with Crippen molar-refractivity contribution < 1.29 is 9.59 Å². The lowest BCUT2D eigenvalue weighted by Gasteiger charge is -2.40. The highest BCUT2D eigenvalue weighted by Gasteiger charge is 2.45. The number of fused-ring (bicyclic) bond motifs is 2. The van der Waals surface area contributed by atoms with Gasteiger partial charge in [0.1, 0.15) is 0 Å². The summed E-state index contributed by atoms with van der Waals surface area (Å²) in [4.78, 5) is 28.6. The third-order valence-electron chi connectivity index (χ3n) is 5.47. The van der Waals surface area contributed by atoms with Crippen LogP contribution in [0, 0.1) is 5.92 Å². The molecule has 0 bridgehead atoms. The van der Waals surface area contributed by atoms with Gasteiger partial charge in [-0.1, -0.05) is 13.8 Å². The largest absolute Gasteiger partial charge is 0.373 e. The van der Waals surface area contributed by atoms with E-state index in [1.54, 1.807) is 6.92 Å². The van der Waals surface area contributed by atoms with Gasteiger partial charge in [-0.3, -0.25) is 9.59 Å². The molecule has 2 amide bonds. The molecular formula is C20H29N3O2. The molecule has 1 N–H and O–H groups in total. The normalized spacial score (nSPS) is 22.4. The summed E-state index contributed by atoms with van der Waals surface area (Å²) in [5, 5.41) is 3.00. The lowest BCUT2D eigenvalue weighted by molar-refractivity contribution is -0.130. The second kappa shape index (κ2) is 6.70. The highest BCUT2D eigenvalue weighted by Crippen LogP contribution is 2.45. The zero-order valence-electron chi connectivity index (χ0n) is 15.8. The molecule has 1 aromatic carbocycles. The molecule has 0 aliphatic carbocycles. The molecule has 1 atom stereocenters. The van der Waals surface area contributed by atoms with E-state index >= 15 is 0 Å². The molecule has 136 valence electrons. The molecule has 1 saturated heterocycles. The standard InChI is InChI=1S/C20H29N3O2/c1-14(2)11-21-19(25)16-6-7-18-17(10-16)20(12-22(18)4)8-5-9-23(13-20)15(3)24/h6-7,10,14H,5,8-9,11-13H2,1-4H3,(H,21,25). The van der Waals surface area contributed by atoms with E-state index in [-0.39, 0.29) is 17.2 Å². The minimum Gasteiger partial charge on any atom is -0.373 e. The van der Waals surface area contributed by atoms with Crippen molar-refractivity contribution in [3.05, 3.63) is 29.3 Å². The van der Waals surface area contributed by atoms with Gasteiger partial charge in [-0.25, -0.2) is 0 Å². The van der Waals surface area contributed by atoms with Crippen molar-refractivity contribution in [1.29, 1.82) is 0 Å². The summed E-state index contributed by atoms with van der Waals surface area (Å²) in [6.45, 7) is 8.99. The van der Waals surface area contributed by atoms with Gasteiger partial charge in [0, 0.05) is 56.8 Å². The van der Waals surface area contributed by atoms with Crippen LogP contribution in [0.5, 0.6) is 0 Å². The molecular weight excluding hydrogens is 314 g/mol. The molecule has 1 fully saturated rings. The molecule has 1 aromatic rings. The van der Waals surface area contributed by atoms with Crippen molar-refractivity contribution in [3.63, 3.8) is 0 Å². The van der Waals surface area contributed by atoms with Crippen LogP contribution in [0.2, 0.25) is 0 Å². The predicted molar refractivity (Wildman–Crippen MR) is 100 cm³/mol. The summed E-state index contributed by atoms with van der Waals surface area (Å²) in [7, 11) is 2.10. The van der Waals surface area contributed by atoms with Crippen molar-refractivity contribution in [2.45, 2.75) is 39.0 Å². The van der Waals surface area contributed by atoms with E-state index in [0.29, 0.717) is 18.0 Å². The van der Waals surface area contributed by atoms with Crippen LogP contribution in [-0.4, -0.2) is 49.9 Å². The molecule has 5 nitrogen and oxygen atoms in total. The van der Waals surface area contributed by atoms with E-state index in [4.69, 9.17) is 0 Å². The van der Waals surface area contributed by atoms with Gasteiger partial charge in [-0.15, -0.1) is 0 Å². The zero-order valence-corrected chi connectivity index (χ0v) is 15.8. The average molecular weight is 343 g/mol. The molecule has 1 unspecified atom stereocenters. The zero-order chi connectivity index (χ0) is 18.2. The highest BCUT2D eigenvalue weighted by atomic mass is 16.2. The quantitative estimate of drug-likeness (QED) is 0.917. The van der Waals surface area contributed by atoms with Gasteiger partial charge >= 0.3 is 0 Å². The first-order chi connectivity index (χ1) is 11.8. The van der Waals surface area contributed by atoms with Gasteiger partial charge < -0.3 is 15.1 Å². The summed E-state index contributed by atoms with van der Waals surface area (Å²) >= 11 is 0. The van der Waals surface area contributed by atoms with Crippen LogP contribution in [0.4, 0.5) is 5.69 Å². The van der Waals surface area contributed by atoms with Crippen LogP contribution < -0.4 is 10.2 Å². The van der Waals surface area contributed by atoms with Crippen molar-refractivity contribution in [1.82, 2.24) is 10.2 Å². The number of nitrogens with one attached hydrogen (secondary N) is 1. The van der Waals surface area contributed by atoms with E-state index in [2.05, 4.69) is 43.2 Å². The number of benzene rings is 1. The Balaban J connectivity index is 1.91. The molecule has 2 aliphatic heterocycles. The smallest absolute Gasteiger partial charge is 0.251 e. The van der Waals surface area contributed by atoms with Crippen molar-refractivity contribution >= 4 is 17.5 Å². The topological polar surface area (TPSA) is 52.7 Å². The SMILES string of the molecule is CC(=O)N1CCCC2(C1)CN(C)c1ccc(C(=O)NCC(C)C)cc12. The van der Waals surface area contributed by atoms with Gasteiger partial charge in [0.2, 0.25) is 5.91 Å². The van der Waals surface area contributed by atoms with Crippen LogP contribution in [0.1, 0.15) is 49.5 Å². The Morgan fingerprint density at radius 2 is 2.04 bits per heavy atom. The van der Waals surface area contributed by atoms with Crippen LogP contribution in [-0.2, 0) is 10.2 Å². The predicted octanol–water partition coefficient (Wildman–Crippen LogP) is 2.40. The van der Waals surface area contributed by atoms with Crippen molar-refractivity contribution in [3.8, 4) is 0 Å². The maximum atomic E-state index is 12.5. The van der Waals surface area contributed by atoms with E-state index in [1.807, 2.05) is 11.0 Å². The van der Waals surface area contributed by atoms with E-state index in [1.165, 1.54) is 11.3 Å². The number of amides is 2. The Morgan fingerprint density at radius 3 is 2.72 bits per heavy atom. The summed E-state index contributed by atoms with van der Waals surface area (Å²) in [5.41, 5.74) is 3.07. The van der Waals surface area contributed by atoms with Gasteiger partial charge in [-0.2, -0.15) is 0 Å². The van der Waals surface area contributed by atoms with E-state index in [9.17, 15) is 9.59 Å². The van der Waals surface area contributed by atoms with Crippen LogP contribution in [0.3, 0.4) is 0 Å². The van der Waals surface area contributed by atoms with E-state index in [0.717, 1.165) is 32.5 Å². The number of hydrogen-bond acceptors (Lipinski definition) is 3. The second-order valence-corrected chi connectivity index (χ2v) is 8.02. The average Bonchev–Trinajstić information content (AvgIpc) is 2.84. The minimum absolute atomic E-state index is 0.0135. The lowest BCUT2D eigenvalue weighted by Crippen LogP contribution is -2.49. The minimum atomic E-state index is -0.0532. The van der Waals surface area contributed by atoms with Gasteiger partial charge in [0.25, 0.3) is 5.91 Å². The summed E-state index contributed by atoms with van der Waals surface area (Å²) < 4.78 is 0. The van der Waals surface area contributed by atoms with Gasteiger partial charge in [0.05, 0.1) is 0 Å². The highest BCUT2D eigenvalue weighted by molar-refractivity contribution is 5.95. The maximum Gasteiger partial charge on any atom is 0.251 e. The molecule has 3 rings (SSSR count). The van der Waals surface area contributed by atoms with Gasteiger partial charge in [0.15, 0.2) is 0 Å². The van der Waals surface area contributed by atoms with E-state index < -0.39 is 0 Å². The molecule has 5 heteroatoms. The first-order valence-corrected chi connectivity index (χ1v) is 9.22. The fourth-order valence-electron chi connectivity index (χ4n) is 4.21. The molecule has 0 saturated carbocycles. The van der Waals surface area contributed by atoms with Crippen molar-refractivity contribution in [2.24, 2.45) is 5.92 Å². The fourth-order valence-corrected chi connectivity index (χ4v) is 4.21. The Hall–Kier alpha value is -2.04. The molecule has 25 heavy (non-hydrogen) atoms. The summed E-state index contributed by atoms with van der Waals surface area (Å²) in [5.74, 6) is 0.555. The number of nitrogens with zero attached hydrogens (tertiary/aromatic N) is 2. The second-order valence-electron chi connectivity index (χ2n) is 8.02. The van der Waals surface area contributed by atoms with Crippen molar-refractivity contribution in [2.75, 3.05) is 38.1 Å². The fraction of sp³-hybridized carbons (Fsp3) is 0.600. The summed E-state index contributed by atoms with van der Waals surface area (Å²) in [6.07, 6.45) is 2.07. The first kappa shape index (κ1) is 17.8. The first-order valence-electron chi connectivity index (χ1n) is 9.22. The summed E-state index contributed by atoms with van der Waals surface area (Å²) in [6, 6.07) is 6.02. The number of hydrogen-bond donors (Lipinski definition) is 1. The number of carbonyl (C=O) groups excluding carboxylic acids is 2. The number of likely N-dealkylation sites (tertiary alicyclic amines) is 1. The number of piperidine rings is 1. The maximum absolute atomic E-state index is 12.5. The monoisotopic (exact) mass is 343 g/mol. The Bertz CT molecular complexity index is 686. The number of carbonyl (C=O) groups is 2. The number of likely N-dealkylation sites (N-methyl/N-ethyl adjacent to an activating group) is 1. The molecule has 0 radical (unpaired) electrons. The van der Waals surface area contributed by atoms with Gasteiger partial charge in [-0.05, 0) is 42.5 Å². The third kappa shape index (κ3) is 3.37. The van der Waals surface area contributed by atoms with Crippen LogP contribution in [0.25, 0.3) is 0 Å². The molecule has 1 spiro atoms. The number of rotatable bonds is 3. The molecule has 0 aromatic heterocycles. The van der Waals surface area contributed by atoms with Crippen LogP contribution >= 0.6 is 0 Å². The number of anilines is 1. The Morgan fingerprint density at radius 1 is 1.28 bits per heavy atom. The molecule has 2 aliphatic rings. The lowest BCUT2D eigenvalue weighted by atomic mass is 9.75. The third-order valence-corrected chi connectivity index (χ3v) is 5.47.